The molecule has 0 aliphatic rings. The number of hydrogen-bond donors (Lipinski definition) is 1. The zero-order chi connectivity index (χ0) is 14.6. The van der Waals surface area contributed by atoms with Crippen molar-refractivity contribution in [2.75, 3.05) is 24.3 Å². The first-order valence-electron chi connectivity index (χ1n) is 6.40. The standard InChI is InChI=1S/C14H21ClN2O2/c1-5-9(3)17(6-2)13-11(14(18)19-4)7-10(16)8-12(13)15/h7-9H,5-6,16H2,1-4H3. The fourth-order valence-corrected chi connectivity index (χ4v) is 2.42. The number of carbonyl (C=O) groups is 1. The van der Waals surface area contributed by atoms with Crippen LogP contribution >= 0.6 is 11.6 Å². The maximum Gasteiger partial charge on any atom is 0.340 e. The first-order chi connectivity index (χ1) is 8.96. The molecule has 0 amide bonds. The van der Waals surface area contributed by atoms with E-state index in [0.717, 1.165) is 13.0 Å². The molecular formula is C14H21ClN2O2. The van der Waals surface area contributed by atoms with Gasteiger partial charge in [-0.15, -0.1) is 0 Å². The van der Waals surface area contributed by atoms with Crippen LogP contribution in [0, 0.1) is 0 Å². The molecule has 0 spiro atoms. The Labute approximate surface area is 119 Å². The number of benzene rings is 1. The molecule has 0 aromatic heterocycles. The average Bonchev–Trinajstić information content (AvgIpc) is 2.39. The Morgan fingerprint density at radius 2 is 2.11 bits per heavy atom. The Bertz CT molecular complexity index is 463. The van der Waals surface area contributed by atoms with Gasteiger partial charge in [-0.3, -0.25) is 0 Å². The van der Waals surface area contributed by atoms with Gasteiger partial charge in [0.1, 0.15) is 0 Å². The summed E-state index contributed by atoms with van der Waals surface area (Å²) in [4.78, 5) is 14.0. The van der Waals surface area contributed by atoms with E-state index in [9.17, 15) is 4.79 Å². The highest BCUT2D eigenvalue weighted by atomic mass is 35.5. The second-order valence-electron chi connectivity index (χ2n) is 4.43. The zero-order valence-corrected chi connectivity index (χ0v) is 12.6. The van der Waals surface area contributed by atoms with E-state index in [1.54, 1.807) is 12.1 Å². The highest BCUT2D eigenvalue weighted by Crippen LogP contribution is 2.34. The number of methoxy groups -OCH3 is 1. The molecule has 0 saturated carbocycles. The number of hydrogen-bond acceptors (Lipinski definition) is 4. The van der Waals surface area contributed by atoms with E-state index >= 15 is 0 Å². The first kappa shape index (κ1) is 15.6. The van der Waals surface area contributed by atoms with Gasteiger partial charge in [0.05, 0.1) is 23.4 Å². The van der Waals surface area contributed by atoms with Crippen LogP contribution in [0.15, 0.2) is 12.1 Å². The SMILES string of the molecule is CCC(C)N(CC)c1c(Cl)cc(N)cc1C(=O)OC. The van der Waals surface area contributed by atoms with E-state index < -0.39 is 5.97 Å². The van der Waals surface area contributed by atoms with Crippen LogP contribution in [0.3, 0.4) is 0 Å². The van der Waals surface area contributed by atoms with Crippen molar-refractivity contribution in [2.24, 2.45) is 0 Å². The van der Waals surface area contributed by atoms with Crippen molar-refractivity contribution in [1.82, 2.24) is 0 Å². The summed E-state index contributed by atoms with van der Waals surface area (Å²) in [5.41, 5.74) is 7.32. The average molecular weight is 285 g/mol. The number of nitrogens with two attached hydrogens (primary N) is 1. The van der Waals surface area contributed by atoms with Gasteiger partial charge in [0.25, 0.3) is 0 Å². The van der Waals surface area contributed by atoms with Crippen LogP contribution in [0.1, 0.15) is 37.6 Å². The minimum absolute atomic E-state index is 0.273. The van der Waals surface area contributed by atoms with Crippen molar-refractivity contribution in [3.63, 3.8) is 0 Å². The Morgan fingerprint density at radius 1 is 1.47 bits per heavy atom. The van der Waals surface area contributed by atoms with E-state index in [1.165, 1.54) is 7.11 Å². The van der Waals surface area contributed by atoms with Crippen LogP contribution in [0.25, 0.3) is 0 Å². The first-order valence-corrected chi connectivity index (χ1v) is 6.77. The van der Waals surface area contributed by atoms with Crippen molar-refractivity contribution in [3.8, 4) is 0 Å². The number of rotatable bonds is 5. The third-order valence-electron chi connectivity index (χ3n) is 3.24. The molecular weight excluding hydrogens is 264 g/mol. The molecule has 1 atom stereocenters. The number of nitrogen functional groups attached to an aromatic ring is 1. The van der Waals surface area contributed by atoms with Crippen LogP contribution in [-0.4, -0.2) is 25.7 Å². The highest BCUT2D eigenvalue weighted by molar-refractivity contribution is 6.34. The van der Waals surface area contributed by atoms with Crippen LogP contribution in [0.2, 0.25) is 5.02 Å². The molecule has 0 saturated heterocycles. The Kier molecular flexibility index (Phi) is 5.48. The fourth-order valence-electron chi connectivity index (χ4n) is 2.09. The van der Waals surface area contributed by atoms with Crippen LogP contribution in [0.5, 0.6) is 0 Å². The maximum atomic E-state index is 11.9. The molecule has 5 heteroatoms. The third kappa shape index (κ3) is 3.32. The van der Waals surface area contributed by atoms with Gasteiger partial charge in [-0.2, -0.15) is 0 Å². The largest absolute Gasteiger partial charge is 0.465 e. The number of ether oxygens (including phenoxy) is 1. The van der Waals surface area contributed by atoms with Gasteiger partial charge in [0, 0.05) is 18.3 Å². The quantitative estimate of drug-likeness (QED) is 0.665. The topological polar surface area (TPSA) is 55.6 Å². The monoisotopic (exact) mass is 284 g/mol. The third-order valence-corrected chi connectivity index (χ3v) is 3.53. The predicted octanol–water partition coefficient (Wildman–Crippen LogP) is 3.33. The highest BCUT2D eigenvalue weighted by Gasteiger charge is 2.23. The lowest BCUT2D eigenvalue weighted by Crippen LogP contribution is -2.34. The van der Waals surface area contributed by atoms with Gasteiger partial charge in [-0.05, 0) is 32.4 Å². The van der Waals surface area contributed by atoms with Crippen molar-refractivity contribution in [2.45, 2.75) is 33.2 Å². The number of anilines is 2. The summed E-state index contributed by atoms with van der Waals surface area (Å²) in [5, 5.41) is 0.475. The lowest BCUT2D eigenvalue weighted by Gasteiger charge is -2.31. The molecule has 0 heterocycles. The van der Waals surface area contributed by atoms with Gasteiger partial charge in [0.15, 0.2) is 0 Å². The van der Waals surface area contributed by atoms with E-state index in [4.69, 9.17) is 22.1 Å². The van der Waals surface area contributed by atoms with E-state index in [-0.39, 0.29) is 6.04 Å². The summed E-state index contributed by atoms with van der Waals surface area (Å²) in [5.74, 6) is -0.425. The molecule has 0 radical (unpaired) electrons. The molecule has 1 aromatic carbocycles. The number of esters is 1. The minimum Gasteiger partial charge on any atom is -0.465 e. The lowest BCUT2D eigenvalue weighted by molar-refractivity contribution is 0.0601. The second kappa shape index (κ2) is 6.66. The van der Waals surface area contributed by atoms with Crippen LogP contribution < -0.4 is 10.6 Å². The van der Waals surface area contributed by atoms with E-state index in [0.29, 0.717) is 22.0 Å². The molecule has 106 valence electrons. The molecule has 19 heavy (non-hydrogen) atoms. The predicted molar refractivity (Wildman–Crippen MR) is 80.0 cm³/mol. The van der Waals surface area contributed by atoms with Gasteiger partial charge in [-0.1, -0.05) is 18.5 Å². The van der Waals surface area contributed by atoms with E-state index in [2.05, 4.69) is 18.7 Å². The molecule has 0 aliphatic carbocycles. The normalized spacial score (nSPS) is 12.1. The molecule has 0 bridgehead atoms. The Morgan fingerprint density at radius 3 is 2.58 bits per heavy atom. The minimum atomic E-state index is -0.425. The number of nitrogens with zero attached hydrogens (tertiary/aromatic N) is 1. The van der Waals surface area contributed by atoms with Crippen molar-refractivity contribution in [3.05, 3.63) is 22.7 Å². The molecule has 1 rings (SSSR count). The molecule has 2 N–H and O–H groups in total. The van der Waals surface area contributed by atoms with E-state index in [1.807, 2.05) is 6.92 Å². The van der Waals surface area contributed by atoms with Crippen molar-refractivity contribution >= 4 is 28.9 Å². The van der Waals surface area contributed by atoms with Gasteiger partial charge in [-0.25, -0.2) is 4.79 Å². The smallest absolute Gasteiger partial charge is 0.340 e. The molecule has 0 aliphatic heterocycles. The van der Waals surface area contributed by atoms with Gasteiger partial charge in [0.2, 0.25) is 0 Å². The molecule has 1 aromatic rings. The van der Waals surface area contributed by atoms with Crippen molar-refractivity contribution < 1.29 is 9.53 Å². The maximum absolute atomic E-state index is 11.9. The van der Waals surface area contributed by atoms with Crippen molar-refractivity contribution in [1.29, 1.82) is 0 Å². The molecule has 4 nitrogen and oxygen atoms in total. The second-order valence-corrected chi connectivity index (χ2v) is 4.84. The Balaban J connectivity index is 3.42. The van der Waals surface area contributed by atoms with Crippen LogP contribution in [-0.2, 0) is 4.74 Å². The lowest BCUT2D eigenvalue weighted by atomic mass is 10.1. The number of carbonyl (C=O) groups excluding carboxylic acids is 1. The molecule has 0 fully saturated rings. The zero-order valence-electron chi connectivity index (χ0n) is 11.9. The summed E-state index contributed by atoms with van der Waals surface area (Å²) in [6, 6.07) is 3.54. The van der Waals surface area contributed by atoms with Gasteiger partial charge < -0.3 is 15.4 Å². The van der Waals surface area contributed by atoms with Gasteiger partial charge >= 0.3 is 5.97 Å². The Hall–Kier alpha value is -1.42. The molecule has 1 unspecified atom stereocenters. The fraction of sp³-hybridized carbons (Fsp3) is 0.500. The van der Waals surface area contributed by atoms with Crippen LogP contribution in [0.4, 0.5) is 11.4 Å². The summed E-state index contributed by atoms with van der Waals surface area (Å²) >= 11 is 6.28. The summed E-state index contributed by atoms with van der Waals surface area (Å²) in [7, 11) is 1.35. The summed E-state index contributed by atoms with van der Waals surface area (Å²) in [6.07, 6.45) is 0.954. The summed E-state index contributed by atoms with van der Waals surface area (Å²) < 4.78 is 4.82. The number of halogens is 1. The summed E-state index contributed by atoms with van der Waals surface area (Å²) in [6.45, 7) is 6.97.